The van der Waals surface area contributed by atoms with Gasteiger partial charge < -0.3 is 20.4 Å². The Morgan fingerprint density at radius 1 is 0.943 bits per heavy atom. The van der Waals surface area contributed by atoms with Crippen molar-refractivity contribution in [2.24, 2.45) is 5.92 Å². The maximum absolute atomic E-state index is 12.7. The molecule has 4 N–H and O–H groups in total. The Balaban J connectivity index is 0.000000405. The lowest BCUT2D eigenvalue weighted by molar-refractivity contribution is -0.170. The first-order valence-corrected chi connectivity index (χ1v) is 12.7. The quantitative estimate of drug-likeness (QED) is 0.329. The summed E-state index contributed by atoms with van der Waals surface area (Å²) < 4.78 is 0. The van der Waals surface area contributed by atoms with Gasteiger partial charge in [-0.3, -0.25) is 19.3 Å². The van der Waals surface area contributed by atoms with Gasteiger partial charge in [-0.1, -0.05) is 55.9 Å². The van der Waals surface area contributed by atoms with E-state index in [0.29, 0.717) is 17.1 Å². The zero-order chi connectivity index (χ0) is 26.6. The molecule has 9 nitrogen and oxygen atoms in total. The third-order valence-electron chi connectivity index (χ3n) is 5.71. The molecule has 0 saturated carbocycles. The maximum Gasteiger partial charge on any atom is 0.336 e. The summed E-state index contributed by atoms with van der Waals surface area (Å²) in [5.41, 5.74) is -1.57. The second-order valence-electron chi connectivity index (χ2n) is 9.29. The minimum Gasteiger partial charge on any atom is -0.481 e. The molecule has 1 aliphatic rings. The summed E-state index contributed by atoms with van der Waals surface area (Å²) in [7, 11) is 0. The molecular weight excluding hydrogens is 474 g/mol. The average Bonchev–Trinajstić information content (AvgIpc) is 3.30. The molecule has 1 fully saturated rings. The molecule has 1 heterocycles. The van der Waals surface area contributed by atoms with Crippen molar-refractivity contribution in [2.75, 3.05) is 18.8 Å². The van der Waals surface area contributed by atoms with Crippen LogP contribution in [0.3, 0.4) is 0 Å². The summed E-state index contributed by atoms with van der Waals surface area (Å²) in [5, 5.41) is 34.1. The van der Waals surface area contributed by atoms with Crippen LogP contribution >= 0.6 is 11.8 Å². The molecule has 1 aromatic carbocycles. The fourth-order valence-corrected chi connectivity index (χ4v) is 4.88. The molecule has 0 aromatic heterocycles. The van der Waals surface area contributed by atoms with Crippen LogP contribution in [0.5, 0.6) is 0 Å². The van der Waals surface area contributed by atoms with E-state index in [2.05, 4.69) is 37.8 Å². The lowest BCUT2D eigenvalue weighted by Gasteiger charge is -2.24. The van der Waals surface area contributed by atoms with Gasteiger partial charge in [-0.15, -0.1) is 0 Å². The molecule has 1 saturated heterocycles. The second-order valence-corrected chi connectivity index (χ2v) is 10.3. The molecular formula is C25H37NO8S. The predicted molar refractivity (Wildman–Crippen MR) is 133 cm³/mol. The van der Waals surface area contributed by atoms with Crippen molar-refractivity contribution < 1.29 is 39.6 Å². The molecule has 10 heteroatoms. The molecule has 0 bridgehead atoms. The van der Waals surface area contributed by atoms with Crippen molar-refractivity contribution in [1.29, 1.82) is 0 Å². The topological polar surface area (TPSA) is 152 Å². The highest BCUT2D eigenvalue weighted by atomic mass is 32.2. The lowest BCUT2D eigenvalue weighted by atomic mass is 9.91. The Bertz CT molecular complexity index is 823. The van der Waals surface area contributed by atoms with Crippen molar-refractivity contribution >= 4 is 34.8 Å². The van der Waals surface area contributed by atoms with E-state index in [9.17, 15) is 19.2 Å². The van der Waals surface area contributed by atoms with E-state index in [4.69, 9.17) is 20.4 Å². The van der Waals surface area contributed by atoms with Gasteiger partial charge in [0.2, 0.25) is 0 Å². The Morgan fingerprint density at radius 3 is 1.89 bits per heavy atom. The highest BCUT2D eigenvalue weighted by Crippen LogP contribution is 2.30. The number of carboxylic acid groups (broad SMARTS) is 3. The van der Waals surface area contributed by atoms with Gasteiger partial charge in [0.15, 0.2) is 10.7 Å². The highest BCUT2D eigenvalue weighted by Gasteiger charge is 2.40. The number of benzene rings is 1. The van der Waals surface area contributed by atoms with Crippen LogP contribution in [0.15, 0.2) is 30.3 Å². The molecule has 1 aliphatic heterocycles. The van der Waals surface area contributed by atoms with Gasteiger partial charge in [0.25, 0.3) is 0 Å². The molecule has 1 aromatic rings. The maximum atomic E-state index is 12.7. The van der Waals surface area contributed by atoms with Crippen LogP contribution in [0.25, 0.3) is 0 Å². The molecule has 2 unspecified atom stereocenters. The first-order valence-electron chi connectivity index (χ1n) is 11.7. The lowest BCUT2D eigenvalue weighted by Crippen LogP contribution is -2.42. The summed E-state index contributed by atoms with van der Waals surface area (Å²) >= 11 is 1.54. The van der Waals surface area contributed by atoms with Crippen molar-refractivity contribution in [1.82, 2.24) is 4.90 Å². The third-order valence-corrected chi connectivity index (χ3v) is 6.93. The number of carbonyl (C=O) groups is 4. The molecule has 0 radical (unpaired) electrons. The SMILES string of the molecule is CC(C)CC(C(=O)SCC(C)N1CCCC1)c1ccccc1.O=C(O)CC(O)(CC(=O)O)C(=O)O. The molecule has 2 atom stereocenters. The molecule has 0 aliphatic carbocycles. The minimum absolute atomic E-state index is 0.0389. The van der Waals surface area contributed by atoms with Crippen LogP contribution in [0, 0.1) is 5.92 Å². The summed E-state index contributed by atoms with van der Waals surface area (Å²) in [4.78, 5) is 45.7. The van der Waals surface area contributed by atoms with E-state index in [0.717, 1.165) is 12.2 Å². The number of thioether (sulfide) groups is 1. The standard InChI is InChI=1S/C19H29NOS.C6H8O7/c1-15(2)13-18(17-9-5-4-6-10-17)19(21)22-14-16(3)20-11-7-8-12-20;7-3(8)1-6(13,5(11)12)2-4(9)10/h4-6,9-10,15-16,18H,7-8,11-14H2,1-3H3;13H,1-2H2,(H,7,8)(H,9,10)(H,11,12). The average molecular weight is 512 g/mol. The normalized spacial score (nSPS) is 15.7. The number of hydrogen-bond acceptors (Lipinski definition) is 7. The number of likely N-dealkylation sites (tertiary alicyclic amines) is 1. The van der Waals surface area contributed by atoms with Gasteiger partial charge in [0.05, 0.1) is 18.8 Å². The molecule has 196 valence electrons. The Labute approximate surface area is 210 Å². The van der Waals surface area contributed by atoms with Crippen LogP contribution in [0.1, 0.15) is 64.4 Å². The Hall–Kier alpha value is -2.43. The van der Waals surface area contributed by atoms with Crippen LogP contribution < -0.4 is 0 Å². The van der Waals surface area contributed by atoms with Gasteiger partial charge in [-0.05, 0) is 50.8 Å². The Morgan fingerprint density at radius 2 is 1.46 bits per heavy atom. The van der Waals surface area contributed by atoms with Gasteiger partial charge in [-0.25, -0.2) is 4.79 Å². The smallest absolute Gasteiger partial charge is 0.336 e. The largest absolute Gasteiger partial charge is 0.481 e. The zero-order valence-electron chi connectivity index (χ0n) is 20.6. The fourth-order valence-electron chi connectivity index (χ4n) is 3.83. The van der Waals surface area contributed by atoms with Gasteiger partial charge >= 0.3 is 17.9 Å². The fraction of sp³-hybridized carbons (Fsp3) is 0.600. The first-order chi connectivity index (χ1) is 16.4. The van der Waals surface area contributed by atoms with E-state index in [-0.39, 0.29) is 5.92 Å². The molecule has 2 rings (SSSR count). The number of hydrogen-bond donors (Lipinski definition) is 4. The van der Waals surface area contributed by atoms with E-state index in [1.54, 1.807) is 0 Å². The van der Waals surface area contributed by atoms with Crippen molar-refractivity contribution in [2.45, 2.75) is 70.4 Å². The van der Waals surface area contributed by atoms with Gasteiger partial charge in [0.1, 0.15) is 0 Å². The van der Waals surface area contributed by atoms with Crippen LogP contribution in [0.2, 0.25) is 0 Å². The van der Waals surface area contributed by atoms with E-state index in [1.807, 2.05) is 18.2 Å². The van der Waals surface area contributed by atoms with Gasteiger partial charge in [0, 0.05) is 11.8 Å². The van der Waals surface area contributed by atoms with Crippen molar-refractivity contribution in [3.8, 4) is 0 Å². The monoisotopic (exact) mass is 511 g/mol. The number of nitrogens with zero attached hydrogens (tertiary/aromatic N) is 1. The number of aliphatic hydroxyl groups is 1. The van der Waals surface area contributed by atoms with Crippen LogP contribution in [-0.4, -0.2) is 78.8 Å². The van der Waals surface area contributed by atoms with Crippen molar-refractivity contribution in [3.63, 3.8) is 0 Å². The van der Waals surface area contributed by atoms with Crippen molar-refractivity contribution in [3.05, 3.63) is 35.9 Å². The zero-order valence-corrected chi connectivity index (χ0v) is 21.4. The number of carbonyl (C=O) groups excluding carboxylic acids is 1. The van der Waals surface area contributed by atoms with E-state index >= 15 is 0 Å². The summed E-state index contributed by atoms with van der Waals surface area (Å²) in [6.07, 6.45) is 1.27. The summed E-state index contributed by atoms with van der Waals surface area (Å²) in [6, 6.07) is 10.8. The number of carboxylic acids is 3. The minimum atomic E-state index is -2.74. The van der Waals surface area contributed by atoms with Crippen LogP contribution in [-0.2, 0) is 19.2 Å². The predicted octanol–water partition coefficient (Wildman–Crippen LogP) is 3.31. The molecule has 35 heavy (non-hydrogen) atoms. The Kier molecular flexibility index (Phi) is 13.0. The second kappa shape index (κ2) is 14.9. The number of aliphatic carboxylic acids is 3. The molecule has 0 spiro atoms. The van der Waals surface area contributed by atoms with Crippen LogP contribution in [0.4, 0.5) is 0 Å². The molecule has 0 amide bonds. The van der Waals surface area contributed by atoms with E-state index in [1.165, 1.54) is 43.3 Å². The summed E-state index contributed by atoms with van der Waals surface area (Å²) in [5.74, 6) is -3.53. The number of rotatable bonds is 12. The third kappa shape index (κ3) is 11.2. The first kappa shape index (κ1) is 30.6. The highest BCUT2D eigenvalue weighted by molar-refractivity contribution is 8.13. The van der Waals surface area contributed by atoms with Gasteiger partial charge in [-0.2, -0.15) is 0 Å². The summed E-state index contributed by atoms with van der Waals surface area (Å²) in [6.45, 7) is 9.04. The van der Waals surface area contributed by atoms with E-state index < -0.39 is 36.4 Å².